The molecule has 0 aromatic carbocycles. The number of hydrogen-bond donors (Lipinski definition) is 1. The second-order valence-electron chi connectivity index (χ2n) is 7.15. The summed E-state index contributed by atoms with van der Waals surface area (Å²) in [4.78, 5) is 12.2. The number of aliphatic hydroxyl groups excluding tert-OH is 1. The zero-order valence-corrected chi connectivity index (χ0v) is 12.1. The van der Waals surface area contributed by atoms with E-state index in [0.717, 1.165) is 38.5 Å². The monoisotopic (exact) mass is 270 g/mol. The van der Waals surface area contributed by atoms with Crippen LogP contribution in [-0.2, 0) is 4.79 Å². The Morgan fingerprint density at radius 2 is 2.05 bits per heavy atom. The van der Waals surface area contributed by atoms with E-state index in [1.807, 2.05) is 0 Å². The lowest BCUT2D eigenvalue weighted by Crippen LogP contribution is -2.36. The molecule has 4 aliphatic rings. The lowest BCUT2D eigenvalue weighted by molar-refractivity contribution is -0.125. The Morgan fingerprint density at radius 3 is 2.90 bits per heavy atom. The summed E-state index contributed by atoms with van der Waals surface area (Å²) in [7, 11) is 0. The van der Waals surface area contributed by atoms with Crippen molar-refractivity contribution in [1.82, 2.24) is 0 Å². The third-order valence-electron chi connectivity index (χ3n) is 6.08. The predicted molar refractivity (Wildman–Crippen MR) is 78.1 cm³/mol. The van der Waals surface area contributed by atoms with Crippen LogP contribution in [-0.4, -0.2) is 17.0 Å². The number of rotatable bonds is 0. The molecule has 0 spiro atoms. The molecule has 2 saturated carbocycles. The van der Waals surface area contributed by atoms with Gasteiger partial charge in [0.15, 0.2) is 0 Å². The van der Waals surface area contributed by atoms with Gasteiger partial charge in [0.1, 0.15) is 5.78 Å². The summed E-state index contributed by atoms with van der Waals surface area (Å²) in [5.41, 5.74) is 4.16. The number of carbonyl (C=O) groups is 1. The Labute approximate surface area is 120 Å². The van der Waals surface area contributed by atoms with Crippen LogP contribution in [0.3, 0.4) is 0 Å². The van der Waals surface area contributed by atoms with Gasteiger partial charge in [-0.3, -0.25) is 4.79 Å². The molecule has 1 unspecified atom stereocenters. The third-order valence-corrected chi connectivity index (χ3v) is 6.08. The summed E-state index contributed by atoms with van der Waals surface area (Å²) in [6.45, 7) is 2.16. The molecule has 0 bridgehead atoms. The van der Waals surface area contributed by atoms with Crippen molar-refractivity contribution in [2.75, 3.05) is 0 Å². The highest BCUT2D eigenvalue weighted by Gasteiger charge is 2.50. The van der Waals surface area contributed by atoms with E-state index in [9.17, 15) is 9.90 Å². The maximum Gasteiger partial charge on any atom is 0.139 e. The van der Waals surface area contributed by atoms with Gasteiger partial charge in [0.2, 0.25) is 0 Å². The molecule has 106 valence electrons. The van der Waals surface area contributed by atoms with Gasteiger partial charge in [-0.2, -0.15) is 0 Å². The molecule has 4 rings (SSSR count). The van der Waals surface area contributed by atoms with Crippen LogP contribution >= 0.6 is 0 Å². The zero-order valence-electron chi connectivity index (χ0n) is 12.1. The second kappa shape index (κ2) is 4.17. The summed E-state index contributed by atoms with van der Waals surface area (Å²) in [6.07, 6.45) is 12.1. The van der Waals surface area contributed by atoms with Gasteiger partial charge in [-0.05, 0) is 49.2 Å². The van der Waals surface area contributed by atoms with Crippen LogP contribution in [0.2, 0.25) is 0 Å². The fourth-order valence-corrected chi connectivity index (χ4v) is 4.82. The molecule has 0 heterocycles. The highest BCUT2D eigenvalue weighted by Crippen LogP contribution is 2.55. The van der Waals surface area contributed by atoms with Crippen molar-refractivity contribution in [3.05, 3.63) is 34.9 Å². The minimum absolute atomic E-state index is 0.144. The minimum Gasteiger partial charge on any atom is -0.393 e. The number of ketones is 1. The summed E-state index contributed by atoms with van der Waals surface area (Å²) in [6, 6.07) is 0. The van der Waals surface area contributed by atoms with Gasteiger partial charge < -0.3 is 5.11 Å². The van der Waals surface area contributed by atoms with E-state index in [0.29, 0.717) is 17.6 Å². The van der Waals surface area contributed by atoms with E-state index in [1.54, 1.807) is 0 Å². The van der Waals surface area contributed by atoms with Gasteiger partial charge in [0, 0.05) is 17.8 Å². The highest BCUT2D eigenvalue weighted by atomic mass is 16.3. The fraction of sp³-hybridized carbons (Fsp3) is 0.611. The first-order valence-electron chi connectivity index (χ1n) is 7.92. The molecule has 0 saturated heterocycles. The molecule has 2 fully saturated rings. The lowest BCUT2D eigenvalue weighted by Gasteiger charge is -2.42. The number of hydrogen-bond acceptors (Lipinski definition) is 2. The van der Waals surface area contributed by atoms with Gasteiger partial charge in [-0.25, -0.2) is 0 Å². The van der Waals surface area contributed by atoms with E-state index in [-0.39, 0.29) is 11.5 Å². The highest BCUT2D eigenvalue weighted by molar-refractivity contribution is 5.88. The summed E-state index contributed by atoms with van der Waals surface area (Å²) in [5, 5.41) is 9.84. The molecular formula is C18H22O2. The molecule has 1 N–H and O–H groups in total. The van der Waals surface area contributed by atoms with Crippen molar-refractivity contribution >= 4 is 5.78 Å². The van der Waals surface area contributed by atoms with Crippen molar-refractivity contribution in [3.8, 4) is 0 Å². The summed E-state index contributed by atoms with van der Waals surface area (Å²) >= 11 is 0. The molecule has 0 aliphatic heterocycles. The van der Waals surface area contributed by atoms with Crippen LogP contribution in [0.5, 0.6) is 0 Å². The average Bonchev–Trinajstić information content (AvgIpc) is 2.74. The van der Waals surface area contributed by atoms with Crippen molar-refractivity contribution in [2.24, 2.45) is 17.3 Å². The largest absolute Gasteiger partial charge is 0.393 e. The molecule has 20 heavy (non-hydrogen) atoms. The van der Waals surface area contributed by atoms with Crippen molar-refractivity contribution in [2.45, 2.75) is 51.6 Å². The normalized spacial score (nSPS) is 43.0. The van der Waals surface area contributed by atoms with Crippen LogP contribution in [0, 0.1) is 17.3 Å². The quantitative estimate of drug-likeness (QED) is 0.733. The number of Topliss-reactive ketones (excluding diaryl/α,β-unsaturated/α-hetero) is 1. The standard InChI is InChI=1S/C18H22O2/c1-18-9-8-14-13-5-3-12(19)10-11(13)2-4-15(14)16(18)6-7-17(18)20/h2,4,8,12-13,16,19H,3,5-7,9-10H2,1H3/t12-,13?,16+,18+/m1/s1. The Kier molecular flexibility index (Phi) is 2.62. The fourth-order valence-electron chi connectivity index (χ4n) is 4.82. The van der Waals surface area contributed by atoms with Crippen LogP contribution in [0.25, 0.3) is 0 Å². The Balaban J connectivity index is 1.76. The smallest absolute Gasteiger partial charge is 0.139 e. The van der Waals surface area contributed by atoms with Crippen LogP contribution in [0.1, 0.15) is 45.4 Å². The van der Waals surface area contributed by atoms with Crippen LogP contribution < -0.4 is 0 Å². The van der Waals surface area contributed by atoms with E-state index in [4.69, 9.17) is 0 Å². The van der Waals surface area contributed by atoms with E-state index in [2.05, 4.69) is 25.2 Å². The molecule has 4 aliphatic carbocycles. The number of aliphatic hydroxyl groups is 1. The Morgan fingerprint density at radius 1 is 1.20 bits per heavy atom. The number of carbonyl (C=O) groups excluding carboxylic acids is 1. The van der Waals surface area contributed by atoms with Gasteiger partial charge in [0.05, 0.1) is 6.10 Å². The molecule has 4 atom stereocenters. The maximum absolute atomic E-state index is 12.2. The zero-order chi connectivity index (χ0) is 13.9. The van der Waals surface area contributed by atoms with Gasteiger partial charge in [-0.15, -0.1) is 0 Å². The third kappa shape index (κ3) is 1.57. The van der Waals surface area contributed by atoms with Gasteiger partial charge in [-0.1, -0.05) is 30.7 Å². The van der Waals surface area contributed by atoms with Crippen molar-refractivity contribution in [1.29, 1.82) is 0 Å². The summed E-state index contributed by atoms with van der Waals surface area (Å²) in [5.74, 6) is 1.39. The Hall–Kier alpha value is -1.15. The van der Waals surface area contributed by atoms with E-state index < -0.39 is 0 Å². The molecule has 2 heteroatoms. The van der Waals surface area contributed by atoms with Crippen molar-refractivity contribution < 1.29 is 9.90 Å². The van der Waals surface area contributed by atoms with Crippen LogP contribution in [0.15, 0.2) is 34.9 Å². The minimum atomic E-state index is -0.157. The average molecular weight is 270 g/mol. The van der Waals surface area contributed by atoms with Gasteiger partial charge >= 0.3 is 0 Å². The topological polar surface area (TPSA) is 37.3 Å². The predicted octanol–water partition coefficient (Wildman–Crippen LogP) is 3.33. The van der Waals surface area contributed by atoms with Crippen molar-refractivity contribution in [3.63, 3.8) is 0 Å². The molecule has 0 amide bonds. The first-order chi connectivity index (χ1) is 9.59. The number of fused-ring (bicyclic) bond motifs is 5. The molecule has 0 aromatic heterocycles. The van der Waals surface area contributed by atoms with E-state index >= 15 is 0 Å². The molecule has 2 nitrogen and oxygen atoms in total. The van der Waals surface area contributed by atoms with Crippen LogP contribution in [0.4, 0.5) is 0 Å². The second-order valence-corrected chi connectivity index (χ2v) is 7.15. The molecular weight excluding hydrogens is 248 g/mol. The first kappa shape index (κ1) is 12.6. The maximum atomic E-state index is 12.2. The molecule has 0 aromatic rings. The van der Waals surface area contributed by atoms with Gasteiger partial charge in [0.25, 0.3) is 0 Å². The number of allylic oxidation sites excluding steroid dienone is 5. The summed E-state index contributed by atoms with van der Waals surface area (Å²) < 4.78 is 0. The first-order valence-corrected chi connectivity index (χ1v) is 7.92. The SMILES string of the molecule is C[C@]12CC=C3C(=CC=C4C[C@H](O)CCC43)[C@@H]1CCC2=O. The Bertz CT molecular complexity index is 566. The lowest BCUT2D eigenvalue weighted by atomic mass is 9.61. The molecule has 0 radical (unpaired) electrons. The van der Waals surface area contributed by atoms with E-state index in [1.165, 1.54) is 16.7 Å².